The molecule has 0 atom stereocenters. The number of ether oxygens (including phenoxy) is 1. The molecule has 0 saturated carbocycles. The van der Waals surface area contributed by atoms with E-state index in [0.29, 0.717) is 25.3 Å². The van der Waals surface area contributed by atoms with E-state index in [2.05, 4.69) is 10.3 Å². The Kier molecular flexibility index (Phi) is 5.33. The topological polar surface area (TPSA) is 51.2 Å². The van der Waals surface area contributed by atoms with Crippen molar-refractivity contribution in [3.63, 3.8) is 0 Å². The van der Waals surface area contributed by atoms with Gasteiger partial charge < -0.3 is 10.1 Å². The monoisotopic (exact) mass is 392 g/mol. The van der Waals surface area contributed by atoms with E-state index >= 15 is 0 Å². The molecule has 1 saturated heterocycles. The Morgan fingerprint density at radius 1 is 1.10 bits per heavy atom. The lowest BCUT2D eigenvalue weighted by molar-refractivity contribution is 0.0487. The van der Waals surface area contributed by atoms with E-state index in [1.807, 2.05) is 50.2 Å². The predicted molar refractivity (Wildman–Crippen MR) is 112 cm³/mol. The van der Waals surface area contributed by atoms with E-state index in [0.717, 1.165) is 40.6 Å². The van der Waals surface area contributed by atoms with E-state index < -0.39 is 0 Å². The second-order valence-electron chi connectivity index (χ2n) is 7.91. The standard InChI is InChI=1S/C24H25FN2O2/c1-16-3-8-22-20(13-16)21(14-17(2)27-22)23(28)26-15-24(9-11-29-12-10-24)18-4-6-19(25)7-5-18/h3-8,13-14H,9-12,15H2,1-2H3,(H,26,28). The number of amides is 1. The largest absolute Gasteiger partial charge is 0.381 e. The van der Waals surface area contributed by atoms with Crippen LogP contribution in [-0.4, -0.2) is 30.6 Å². The highest BCUT2D eigenvalue weighted by Gasteiger charge is 2.35. The molecule has 0 radical (unpaired) electrons. The molecular formula is C24H25FN2O2. The quantitative estimate of drug-likeness (QED) is 0.713. The van der Waals surface area contributed by atoms with Crippen molar-refractivity contribution in [1.82, 2.24) is 10.3 Å². The van der Waals surface area contributed by atoms with Crippen LogP contribution in [0.15, 0.2) is 48.5 Å². The number of nitrogens with zero attached hydrogens (tertiary/aromatic N) is 1. The number of pyridine rings is 1. The SMILES string of the molecule is Cc1ccc2nc(C)cc(C(=O)NCC3(c4ccc(F)cc4)CCOCC3)c2c1. The van der Waals surface area contributed by atoms with E-state index in [1.54, 1.807) is 0 Å². The van der Waals surface area contributed by atoms with Crippen LogP contribution in [0.2, 0.25) is 0 Å². The normalized spacial score (nSPS) is 16.0. The molecule has 3 aromatic rings. The first kappa shape index (κ1) is 19.5. The van der Waals surface area contributed by atoms with Gasteiger partial charge in [-0.25, -0.2) is 4.39 Å². The second-order valence-corrected chi connectivity index (χ2v) is 7.91. The van der Waals surface area contributed by atoms with E-state index in [4.69, 9.17) is 4.74 Å². The fourth-order valence-corrected chi connectivity index (χ4v) is 4.14. The first-order valence-corrected chi connectivity index (χ1v) is 9.97. The smallest absolute Gasteiger partial charge is 0.252 e. The minimum atomic E-state index is -0.255. The van der Waals surface area contributed by atoms with Crippen molar-refractivity contribution in [1.29, 1.82) is 0 Å². The Morgan fingerprint density at radius 3 is 2.55 bits per heavy atom. The molecule has 1 fully saturated rings. The third-order valence-electron chi connectivity index (χ3n) is 5.83. The zero-order valence-corrected chi connectivity index (χ0v) is 16.8. The molecule has 150 valence electrons. The van der Waals surface area contributed by atoms with Gasteiger partial charge >= 0.3 is 0 Å². The summed E-state index contributed by atoms with van der Waals surface area (Å²) in [5.41, 5.74) is 4.14. The molecule has 1 aliphatic rings. The first-order chi connectivity index (χ1) is 14.0. The number of nitrogens with one attached hydrogen (secondary N) is 1. The summed E-state index contributed by atoms with van der Waals surface area (Å²) < 4.78 is 19.0. The Bertz CT molecular complexity index is 1040. The number of benzene rings is 2. The summed E-state index contributed by atoms with van der Waals surface area (Å²) in [6, 6.07) is 14.4. The molecule has 1 N–H and O–H groups in total. The van der Waals surface area contributed by atoms with Crippen molar-refractivity contribution in [2.75, 3.05) is 19.8 Å². The molecule has 1 aromatic heterocycles. The first-order valence-electron chi connectivity index (χ1n) is 9.97. The van der Waals surface area contributed by atoms with Crippen LogP contribution >= 0.6 is 0 Å². The van der Waals surface area contributed by atoms with Crippen LogP contribution in [0.1, 0.15) is 40.0 Å². The molecule has 1 amide bonds. The van der Waals surface area contributed by atoms with Crippen molar-refractivity contribution >= 4 is 16.8 Å². The van der Waals surface area contributed by atoms with Crippen molar-refractivity contribution in [3.8, 4) is 0 Å². The van der Waals surface area contributed by atoms with Gasteiger partial charge in [0.25, 0.3) is 5.91 Å². The number of carbonyl (C=O) groups excluding carboxylic acids is 1. The van der Waals surface area contributed by atoms with Gasteiger partial charge in [-0.2, -0.15) is 0 Å². The van der Waals surface area contributed by atoms with E-state index in [9.17, 15) is 9.18 Å². The van der Waals surface area contributed by atoms with Crippen molar-refractivity contribution in [2.24, 2.45) is 0 Å². The zero-order chi connectivity index (χ0) is 20.4. The summed E-state index contributed by atoms with van der Waals surface area (Å²) >= 11 is 0. The number of rotatable bonds is 4. The summed E-state index contributed by atoms with van der Waals surface area (Å²) in [7, 11) is 0. The molecule has 29 heavy (non-hydrogen) atoms. The molecule has 1 aliphatic heterocycles. The molecule has 0 bridgehead atoms. The highest BCUT2D eigenvalue weighted by molar-refractivity contribution is 6.06. The number of aryl methyl sites for hydroxylation is 2. The molecule has 2 aromatic carbocycles. The van der Waals surface area contributed by atoms with Crippen molar-refractivity contribution < 1.29 is 13.9 Å². The molecule has 2 heterocycles. The number of carbonyl (C=O) groups is 1. The van der Waals surface area contributed by atoms with Crippen molar-refractivity contribution in [2.45, 2.75) is 32.1 Å². The number of fused-ring (bicyclic) bond motifs is 1. The van der Waals surface area contributed by atoms with Gasteiger partial charge in [0, 0.05) is 36.3 Å². The van der Waals surface area contributed by atoms with Crippen LogP contribution in [0.25, 0.3) is 10.9 Å². The number of hydrogen-bond acceptors (Lipinski definition) is 3. The Morgan fingerprint density at radius 2 is 1.83 bits per heavy atom. The maximum Gasteiger partial charge on any atom is 0.252 e. The number of halogens is 1. The lowest BCUT2D eigenvalue weighted by Crippen LogP contribution is -2.44. The van der Waals surface area contributed by atoms with Gasteiger partial charge in [-0.1, -0.05) is 23.8 Å². The van der Waals surface area contributed by atoms with Crippen LogP contribution in [0.3, 0.4) is 0 Å². The van der Waals surface area contributed by atoms with Gasteiger partial charge in [0.05, 0.1) is 11.1 Å². The van der Waals surface area contributed by atoms with Gasteiger partial charge in [0.2, 0.25) is 0 Å². The van der Waals surface area contributed by atoms with E-state index in [1.165, 1.54) is 12.1 Å². The third-order valence-corrected chi connectivity index (χ3v) is 5.83. The summed E-state index contributed by atoms with van der Waals surface area (Å²) in [5, 5.41) is 4.00. The van der Waals surface area contributed by atoms with Gasteiger partial charge in [-0.15, -0.1) is 0 Å². The highest BCUT2D eigenvalue weighted by atomic mass is 19.1. The second kappa shape index (κ2) is 7.91. The predicted octanol–water partition coefficient (Wildman–Crippen LogP) is 4.47. The molecule has 0 aliphatic carbocycles. The Labute approximate surface area is 170 Å². The van der Waals surface area contributed by atoms with Crippen molar-refractivity contribution in [3.05, 3.63) is 76.7 Å². The van der Waals surface area contributed by atoms with Crippen LogP contribution in [0, 0.1) is 19.7 Å². The Hall–Kier alpha value is -2.79. The van der Waals surface area contributed by atoms with Crippen LogP contribution in [-0.2, 0) is 10.2 Å². The summed E-state index contributed by atoms with van der Waals surface area (Å²) in [6.07, 6.45) is 1.57. The fraction of sp³-hybridized carbons (Fsp3) is 0.333. The van der Waals surface area contributed by atoms with Gasteiger partial charge in [0.1, 0.15) is 5.82 Å². The third kappa shape index (κ3) is 4.01. The van der Waals surface area contributed by atoms with Gasteiger partial charge in [-0.05, 0) is 62.6 Å². The lowest BCUT2D eigenvalue weighted by atomic mass is 9.74. The van der Waals surface area contributed by atoms with E-state index in [-0.39, 0.29) is 17.1 Å². The maximum atomic E-state index is 13.4. The summed E-state index contributed by atoms with van der Waals surface area (Å²) in [5.74, 6) is -0.367. The molecular weight excluding hydrogens is 367 g/mol. The van der Waals surface area contributed by atoms with Gasteiger partial charge in [-0.3, -0.25) is 9.78 Å². The van der Waals surface area contributed by atoms with Gasteiger partial charge in [0.15, 0.2) is 0 Å². The summed E-state index contributed by atoms with van der Waals surface area (Å²) in [6.45, 7) is 5.64. The number of hydrogen-bond donors (Lipinski definition) is 1. The molecule has 4 nitrogen and oxygen atoms in total. The summed E-state index contributed by atoms with van der Waals surface area (Å²) in [4.78, 5) is 17.7. The Balaban J connectivity index is 1.63. The molecule has 0 unspecified atom stereocenters. The maximum absolute atomic E-state index is 13.4. The lowest BCUT2D eigenvalue weighted by Gasteiger charge is -2.38. The number of aromatic nitrogens is 1. The van der Waals surface area contributed by atoms with Crippen LogP contribution < -0.4 is 5.32 Å². The highest BCUT2D eigenvalue weighted by Crippen LogP contribution is 2.34. The fourth-order valence-electron chi connectivity index (χ4n) is 4.14. The average molecular weight is 392 g/mol. The molecule has 5 heteroatoms. The molecule has 0 spiro atoms. The average Bonchev–Trinajstić information content (AvgIpc) is 2.73. The zero-order valence-electron chi connectivity index (χ0n) is 16.8. The van der Waals surface area contributed by atoms with Crippen LogP contribution in [0.4, 0.5) is 4.39 Å². The minimum Gasteiger partial charge on any atom is -0.381 e. The molecule has 4 rings (SSSR count). The van der Waals surface area contributed by atoms with Crippen LogP contribution in [0.5, 0.6) is 0 Å². The minimum absolute atomic E-state index is 0.112.